The zero-order chi connectivity index (χ0) is 14.3. The van der Waals surface area contributed by atoms with Crippen molar-refractivity contribution in [2.75, 3.05) is 5.73 Å². The highest BCUT2D eigenvalue weighted by Crippen LogP contribution is 2.37. The van der Waals surface area contributed by atoms with Crippen molar-refractivity contribution in [1.29, 1.82) is 0 Å². The average Bonchev–Trinajstić information content (AvgIpc) is 3.03. The van der Waals surface area contributed by atoms with E-state index in [1.807, 2.05) is 30.0 Å². The van der Waals surface area contributed by atoms with Crippen LogP contribution in [-0.4, -0.2) is 15.5 Å². The van der Waals surface area contributed by atoms with Crippen molar-refractivity contribution in [2.45, 2.75) is 38.8 Å². The minimum absolute atomic E-state index is 0.0889. The van der Waals surface area contributed by atoms with Crippen molar-refractivity contribution in [2.24, 2.45) is 0 Å². The Morgan fingerprint density at radius 1 is 1.60 bits per heavy atom. The molecule has 0 spiro atoms. The molecule has 2 aromatic rings. The molecule has 1 saturated carbocycles. The van der Waals surface area contributed by atoms with Crippen LogP contribution in [0.25, 0.3) is 0 Å². The predicted octanol–water partition coefficient (Wildman–Crippen LogP) is 2.66. The van der Waals surface area contributed by atoms with Gasteiger partial charge in [-0.1, -0.05) is 0 Å². The lowest BCUT2D eigenvalue weighted by Crippen LogP contribution is -2.28. The lowest BCUT2D eigenvalue weighted by molar-refractivity contribution is 0.0930. The first-order valence-corrected chi connectivity index (χ1v) is 7.63. The highest BCUT2D eigenvalue weighted by atomic mass is 32.1. The quantitative estimate of drug-likeness (QED) is 0.909. The second-order valence-electron chi connectivity index (χ2n) is 5.32. The number of aromatic nitrogens is 2. The molecule has 1 fully saturated rings. The molecule has 3 N–H and O–H groups in total. The molecule has 20 heavy (non-hydrogen) atoms. The normalized spacial score (nSPS) is 16.1. The Kier molecular flexibility index (Phi) is 3.25. The first-order valence-electron chi connectivity index (χ1n) is 6.75. The van der Waals surface area contributed by atoms with Gasteiger partial charge in [-0.3, -0.25) is 4.79 Å². The standard InChI is InChI=1S/C14H18N4OS/c1-8-7-20-14(16-8)9(2)17-13(19)12-5-10(15)6-18(12)11-3-4-11/h5-7,9,11H,3-4,15H2,1-2H3,(H,17,19). The molecule has 0 bridgehead atoms. The second-order valence-corrected chi connectivity index (χ2v) is 6.21. The molecule has 5 nitrogen and oxygen atoms in total. The minimum Gasteiger partial charge on any atom is -0.397 e. The molecule has 2 aromatic heterocycles. The van der Waals surface area contributed by atoms with Crippen LogP contribution in [-0.2, 0) is 0 Å². The zero-order valence-electron chi connectivity index (χ0n) is 11.6. The molecule has 1 unspecified atom stereocenters. The van der Waals surface area contributed by atoms with E-state index in [2.05, 4.69) is 10.3 Å². The molecule has 0 radical (unpaired) electrons. The number of nitrogens with zero attached hydrogens (tertiary/aromatic N) is 2. The minimum atomic E-state index is -0.0926. The van der Waals surface area contributed by atoms with Crippen LogP contribution in [0.5, 0.6) is 0 Å². The third kappa shape index (κ3) is 2.56. The maximum atomic E-state index is 12.4. The molecule has 0 saturated heterocycles. The summed E-state index contributed by atoms with van der Waals surface area (Å²) in [6.45, 7) is 3.90. The molecule has 1 aliphatic carbocycles. The van der Waals surface area contributed by atoms with Crippen molar-refractivity contribution < 1.29 is 4.79 Å². The van der Waals surface area contributed by atoms with Gasteiger partial charge in [0.25, 0.3) is 5.91 Å². The van der Waals surface area contributed by atoms with Crippen LogP contribution in [0.2, 0.25) is 0 Å². The van der Waals surface area contributed by atoms with Crippen molar-refractivity contribution in [3.63, 3.8) is 0 Å². The third-order valence-corrected chi connectivity index (χ3v) is 4.54. The number of amides is 1. The third-order valence-electron chi connectivity index (χ3n) is 3.40. The molecule has 6 heteroatoms. The van der Waals surface area contributed by atoms with Gasteiger partial charge in [0.05, 0.1) is 11.7 Å². The van der Waals surface area contributed by atoms with Gasteiger partial charge in [-0.2, -0.15) is 0 Å². The summed E-state index contributed by atoms with van der Waals surface area (Å²) in [5.74, 6) is -0.0889. The van der Waals surface area contributed by atoms with Gasteiger partial charge in [0.15, 0.2) is 0 Å². The molecule has 1 amide bonds. The monoisotopic (exact) mass is 290 g/mol. The Hall–Kier alpha value is -1.82. The number of rotatable bonds is 4. The number of nitrogen functional groups attached to an aromatic ring is 1. The molecule has 0 aliphatic heterocycles. The Bertz CT molecular complexity index is 641. The maximum Gasteiger partial charge on any atom is 0.268 e. The fourth-order valence-electron chi connectivity index (χ4n) is 2.24. The summed E-state index contributed by atoms with van der Waals surface area (Å²) in [5, 5.41) is 5.91. The first-order chi connectivity index (χ1) is 9.54. The number of carbonyl (C=O) groups is 1. The second kappa shape index (κ2) is 4.94. The van der Waals surface area contributed by atoms with E-state index in [-0.39, 0.29) is 11.9 Å². The van der Waals surface area contributed by atoms with Gasteiger partial charge in [-0.15, -0.1) is 11.3 Å². The van der Waals surface area contributed by atoms with E-state index in [1.165, 1.54) is 0 Å². The number of anilines is 1. The van der Waals surface area contributed by atoms with E-state index in [0.29, 0.717) is 17.4 Å². The van der Waals surface area contributed by atoms with Crippen LogP contribution in [0.15, 0.2) is 17.6 Å². The largest absolute Gasteiger partial charge is 0.397 e. The summed E-state index contributed by atoms with van der Waals surface area (Å²) in [5.41, 5.74) is 8.08. The van der Waals surface area contributed by atoms with Gasteiger partial charge in [0, 0.05) is 23.3 Å². The van der Waals surface area contributed by atoms with Crippen molar-refractivity contribution in [3.05, 3.63) is 34.0 Å². The smallest absolute Gasteiger partial charge is 0.268 e. The Labute approximate surface area is 121 Å². The molecule has 2 heterocycles. The molecule has 106 valence electrons. The summed E-state index contributed by atoms with van der Waals surface area (Å²) in [7, 11) is 0. The van der Waals surface area contributed by atoms with Crippen LogP contribution < -0.4 is 11.1 Å². The summed E-state index contributed by atoms with van der Waals surface area (Å²) in [4.78, 5) is 16.8. The van der Waals surface area contributed by atoms with E-state index < -0.39 is 0 Å². The first kappa shape index (κ1) is 13.2. The van der Waals surface area contributed by atoms with Crippen molar-refractivity contribution in [1.82, 2.24) is 14.9 Å². The summed E-state index contributed by atoms with van der Waals surface area (Å²) in [6, 6.07) is 2.09. The van der Waals surface area contributed by atoms with Gasteiger partial charge in [0.1, 0.15) is 10.7 Å². The number of nitrogens with one attached hydrogen (secondary N) is 1. The molecular formula is C14H18N4OS. The van der Waals surface area contributed by atoms with Crippen LogP contribution in [0.4, 0.5) is 5.69 Å². The molecule has 3 rings (SSSR count). The van der Waals surface area contributed by atoms with Gasteiger partial charge in [-0.25, -0.2) is 4.98 Å². The van der Waals surface area contributed by atoms with E-state index in [4.69, 9.17) is 5.73 Å². The van der Waals surface area contributed by atoms with Crippen LogP contribution in [0, 0.1) is 6.92 Å². The number of nitrogens with two attached hydrogens (primary N) is 1. The lowest BCUT2D eigenvalue weighted by Gasteiger charge is -2.13. The van der Waals surface area contributed by atoms with E-state index in [0.717, 1.165) is 23.5 Å². The summed E-state index contributed by atoms with van der Waals surface area (Å²) in [6.07, 6.45) is 4.09. The van der Waals surface area contributed by atoms with Gasteiger partial charge < -0.3 is 15.6 Å². The van der Waals surface area contributed by atoms with Gasteiger partial charge >= 0.3 is 0 Å². The Morgan fingerprint density at radius 3 is 2.95 bits per heavy atom. The Balaban J connectivity index is 1.76. The fraction of sp³-hybridized carbons (Fsp3) is 0.429. The van der Waals surface area contributed by atoms with Gasteiger partial charge in [-0.05, 0) is 32.8 Å². The van der Waals surface area contributed by atoms with E-state index >= 15 is 0 Å². The van der Waals surface area contributed by atoms with Gasteiger partial charge in [0.2, 0.25) is 0 Å². The topological polar surface area (TPSA) is 72.9 Å². The number of hydrogen-bond acceptors (Lipinski definition) is 4. The Morgan fingerprint density at radius 2 is 2.35 bits per heavy atom. The summed E-state index contributed by atoms with van der Waals surface area (Å²) >= 11 is 1.57. The molecular weight excluding hydrogens is 272 g/mol. The molecule has 1 atom stereocenters. The number of aryl methyl sites for hydroxylation is 1. The van der Waals surface area contributed by atoms with Crippen molar-refractivity contribution >= 4 is 22.9 Å². The zero-order valence-corrected chi connectivity index (χ0v) is 12.4. The lowest BCUT2D eigenvalue weighted by atomic mass is 10.3. The van der Waals surface area contributed by atoms with Crippen molar-refractivity contribution in [3.8, 4) is 0 Å². The van der Waals surface area contributed by atoms with Crippen LogP contribution in [0.3, 0.4) is 0 Å². The predicted molar refractivity (Wildman–Crippen MR) is 79.8 cm³/mol. The fourth-order valence-corrected chi connectivity index (χ4v) is 3.04. The van der Waals surface area contributed by atoms with E-state index in [1.54, 1.807) is 17.4 Å². The summed E-state index contributed by atoms with van der Waals surface area (Å²) < 4.78 is 1.99. The van der Waals surface area contributed by atoms with E-state index in [9.17, 15) is 4.79 Å². The average molecular weight is 290 g/mol. The maximum absolute atomic E-state index is 12.4. The van der Waals surface area contributed by atoms with Crippen LogP contribution >= 0.6 is 11.3 Å². The molecule has 0 aromatic carbocycles. The highest BCUT2D eigenvalue weighted by Gasteiger charge is 2.28. The van der Waals surface area contributed by atoms with Crippen LogP contribution in [0.1, 0.15) is 53.0 Å². The molecule has 1 aliphatic rings. The highest BCUT2D eigenvalue weighted by molar-refractivity contribution is 7.09. The SMILES string of the molecule is Cc1csc(C(C)NC(=O)c2cc(N)cn2C2CC2)n1. The number of carbonyl (C=O) groups excluding carboxylic acids is 1. The number of hydrogen-bond donors (Lipinski definition) is 2. The number of thiazole rings is 1.